The van der Waals surface area contributed by atoms with Gasteiger partial charge in [0.2, 0.25) is 0 Å². The van der Waals surface area contributed by atoms with Gasteiger partial charge in [-0.1, -0.05) is 25.5 Å². The van der Waals surface area contributed by atoms with Gasteiger partial charge >= 0.3 is 0 Å². The summed E-state index contributed by atoms with van der Waals surface area (Å²) in [7, 11) is 1.82. The second-order valence-corrected chi connectivity index (χ2v) is 5.96. The molecule has 1 heterocycles. The molecule has 1 aromatic heterocycles. The number of carbonyl (C=O) groups excluding carboxylic acids is 1. The molecule has 0 bridgehead atoms. The lowest BCUT2D eigenvalue weighted by molar-refractivity contribution is 0.0787. The highest BCUT2D eigenvalue weighted by Gasteiger charge is 2.12. The molecule has 1 aromatic carbocycles. The van der Waals surface area contributed by atoms with Crippen LogP contribution in [0.1, 0.15) is 41.4 Å². The molecule has 0 saturated heterocycles. The van der Waals surface area contributed by atoms with E-state index in [1.165, 1.54) is 11.1 Å². The number of anilines is 2. The highest BCUT2D eigenvalue weighted by molar-refractivity contribution is 5.92. The van der Waals surface area contributed by atoms with Gasteiger partial charge in [0.15, 0.2) is 0 Å². The third-order valence-corrected chi connectivity index (χ3v) is 3.85. The number of carbonyl (C=O) groups is 1. The minimum absolute atomic E-state index is 0.0308. The van der Waals surface area contributed by atoms with E-state index in [-0.39, 0.29) is 5.91 Å². The second-order valence-electron chi connectivity index (χ2n) is 5.96. The highest BCUT2D eigenvalue weighted by atomic mass is 16.2. The minimum Gasteiger partial charge on any atom is -0.354 e. The first-order valence-electron chi connectivity index (χ1n) is 8.07. The molecule has 4 nitrogen and oxygen atoms in total. The predicted octanol–water partition coefficient (Wildman–Crippen LogP) is 4.31. The van der Waals surface area contributed by atoms with Gasteiger partial charge in [-0.05, 0) is 49.6 Å². The van der Waals surface area contributed by atoms with Crippen molar-refractivity contribution in [2.45, 2.75) is 33.6 Å². The Hall–Kier alpha value is -2.36. The van der Waals surface area contributed by atoms with E-state index in [1.54, 1.807) is 17.2 Å². The average molecular weight is 311 g/mol. The van der Waals surface area contributed by atoms with Crippen LogP contribution in [0.25, 0.3) is 0 Å². The maximum Gasteiger partial charge on any atom is 0.272 e. The fraction of sp³-hybridized carbons (Fsp3) is 0.368. The molecule has 0 aliphatic rings. The first-order chi connectivity index (χ1) is 11.0. The molecule has 0 aliphatic carbocycles. The van der Waals surface area contributed by atoms with Gasteiger partial charge in [0.25, 0.3) is 5.91 Å². The van der Waals surface area contributed by atoms with Gasteiger partial charge < -0.3 is 10.2 Å². The zero-order valence-corrected chi connectivity index (χ0v) is 14.4. The molecule has 0 unspecified atom stereocenters. The Morgan fingerprint density at radius 2 is 2.00 bits per heavy atom. The fourth-order valence-electron chi connectivity index (χ4n) is 2.31. The van der Waals surface area contributed by atoms with E-state index in [2.05, 4.69) is 49.3 Å². The van der Waals surface area contributed by atoms with Crippen molar-refractivity contribution < 1.29 is 4.79 Å². The van der Waals surface area contributed by atoms with Crippen molar-refractivity contribution in [1.29, 1.82) is 0 Å². The van der Waals surface area contributed by atoms with Crippen LogP contribution in [0, 0.1) is 13.8 Å². The minimum atomic E-state index is -0.0308. The monoisotopic (exact) mass is 311 g/mol. The third kappa shape index (κ3) is 4.55. The number of unbranched alkanes of at least 4 members (excludes halogenated alkanes) is 1. The standard InChI is InChI=1S/C19H25N3O/c1-5-6-11-22(4)19(23)17-10-9-16(13-20-17)21-18-12-14(2)7-8-15(18)3/h7-10,12-13,21H,5-6,11H2,1-4H3. The summed E-state index contributed by atoms with van der Waals surface area (Å²) in [5, 5.41) is 3.36. The maximum absolute atomic E-state index is 12.3. The average Bonchev–Trinajstić information content (AvgIpc) is 2.56. The lowest BCUT2D eigenvalue weighted by atomic mass is 10.1. The Morgan fingerprint density at radius 1 is 1.22 bits per heavy atom. The molecule has 0 saturated carbocycles. The van der Waals surface area contributed by atoms with E-state index in [1.807, 2.05) is 13.1 Å². The van der Waals surface area contributed by atoms with E-state index in [0.29, 0.717) is 5.69 Å². The SMILES string of the molecule is CCCCN(C)C(=O)c1ccc(Nc2cc(C)ccc2C)cn1. The number of aryl methyl sites for hydroxylation is 2. The first-order valence-corrected chi connectivity index (χ1v) is 8.07. The van der Waals surface area contributed by atoms with Gasteiger partial charge in [0, 0.05) is 19.3 Å². The Labute approximate surface area is 138 Å². The van der Waals surface area contributed by atoms with Crippen LogP contribution in [0.5, 0.6) is 0 Å². The molecule has 0 radical (unpaired) electrons. The highest BCUT2D eigenvalue weighted by Crippen LogP contribution is 2.21. The summed E-state index contributed by atoms with van der Waals surface area (Å²) in [5.74, 6) is -0.0308. The number of aromatic nitrogens is 1. The second kappa shape index (κ2) is 7.77. The number of benzene rings is 1. The molecule has 4 heteroatoms. The van der Waals surface area contributed by atoms with Crippen LogP contribution in [-0.2, 0) is 0 Å². The molecule has 23 heavy (non-hydrogen) atoms. The summed E-state index contributed by atoms with van der Waals surface area (Å²) in [6, 6.07) is 9.96. The number of nitrogens with zero attached hydrogens (tertiary/aromatic N) is 2. The Balaban J connectivity index is 2.07. The lowest BCUT2D eigenvalue weighted by Crippen LogP contribution is -2.28. The van der Waals surface area contributed by atoms with Crippen LogP contribution in [-0.4, -0.2) is 29.4 Å². The van der Waals surface area contributed by atoms with Crippen molar-refractivity contribution in [2.75, 3.05) is 18.9 Å². The summed E-state index contributed by atoms with van der Waals surface area (Å²) in [4.78, 5) is 18.3. The van der Waals surface area contributed by atoms with Gasteiger partial charge in [0.1, 0.15) is 5.69 Å². The van der Waals surface area contributed by atoms with Crippen LogP contribution in [0.3, 0.4) is 0 Å². The van der Waals surface area contributed by atoms with E-state index < -0.39 is 0 Å². The van der Waals surface area contributed by atoms with Crippen LogP contribution in [0.4, 0.5) is 11.4 Å². The van der Waals surface area contributed by atoms with E-state index in [0.717, 1.165) is 30.8 Å². The van der Waals surface area contributed by atoms with Crippen molar-refractivity contribution in [3.05, 3.63) is 53.3 Å². The zero-order valence-electron chi connectivity index (χ0n) is 14.4. The zero-order chi connectivity index (χ0) is 16.8. The van der Waals surface area contributed by atoms with E-state index in [9.17, 15) is 4.79 Å². The number of pyridine rings is 1. The lowest BCUT2D eigenvalue weighted by Gasteiger charge is -2.16. The van der Waals surface area contributed by atoms with Crippen molar-refractivity contribution in [2.24, 2.45) is 0 Å². The first kappa shape index (κ1) is 17.0. The number of hydrogen-bond donors (Lipinski definition) is 1. The molecule has 0 spiro atoms. The molecule has 0 atom stereocenters. The van der Waals surface area contributed by atoms with Gasteiger partial charge in [-0.15, -0.1) is 0 Å². The fourth-order valence-corrected chi connectivity index (χ4v) is 2.31. The summed E-state index contributed by atoms with van der Waals surface area (Å²) in [6.07, 6.45) is 3.79. The van der Waals surface area contributed by atoms with Crippen molar-refractivity contribution in [1.82, 2.24) is 9.88 Å². The van der Waals surface area contributed by atoms with Crippen LogP contribution >= 0.6 is 0 Å². The van der Waals surface area contributed by atoms with Crippen LogP contribution in [0.15, 0.2) is 36.5 Å². The Morgan fingerprint density at radius 3 is 2.65 bits per heavy atom. The van der Waals surface area contributed by atoms with Crippen molar-refractivity contribution in [3.8, 4) is 0 Å². The van der Waals surface area contributed by atoms with E-state index >= 15 is 0 Å². The molecule has 2 aromatic rings. The topological polar surface area (TPSA) is 45.2 Å². The Bertz CT molecular complexity index is 665. The maximum atomic E-state index is 12.3. The third-order valence-electron chi connectivity index (χ3n) is 3.85. The van der Waals surface area contributed by atoms with Crippen molar-refractivity contribution in [3.63, 3.8) is 0 Å². The van der Waals surface area contributed by atoms with Gasteiger partial charge in [0.05, 0.1) is 11.9 Å². The largest absolute Gasteiger partial charge is 0.354 e. The van der Waals surface area contributed by atoms with Crippen molar-refractivity contribution >= 4 is 17.3 Å². The summed E-state index contributed by atoms with van der Waals surface area (Å²) in [5.41, 5.74) is 4.80. The molecule has 122 valence electrons. The quantitative estimate of drug-likeness (QED) is 0.864. The van der Waals surface area contributed by atoms with Crippen LogP contribution < -0.4 is 5.32 Å². The van der Waals surface area contributed by atoms with Gasteiger partial charge in [-0.3, -0.25) is 4.79 Å². The molecule has 2 rings (SSSR count). The number of rotatable bonds is 6. The van der Waals surface area contributed by atoms with E-state index in [4.69, 9.17) is 0 Å². The summed E-state index contributed by atoms with van der Waals surface area (Å²) >= 11 is 0. The summed E-state index contributed by atoms with van der Waals surface area (Å²) in [6.45, 7) is 7.01. The smallest absolute Gasteiger partial charge is 0.272 e. The molecule has 0 aliphatic heterocycles. The molecule has 1 amide bonds. The molecular weight excluding hydrogens is 286 g/mol. The number of nitrogens with one attached hydrogen (secondary N) is 1. The predicted molar refractivity (Wildman–Crippen MR) is 95.3 cm³/mol. The normalized spacial score (nSPS) is 10.4. The number of amides is 1. The van der Waals surface area contributed by atoms with Gasteiger partial charge in [-0.25, -0.2) is 4.98 Å². The molecule has 0 fully saturated rings. The van der Waals surface area contributed by atoms with Crippen LogP contribution in [0.2, 0.25) is 0 Å². The van der Waals surface area contributed by atoms with Gasteiger partial charge in [-0.2, -0.15) is 0 Å². The molecular formula is C19H25N3O. The number of hydrogen-bond acceptors (Lipinski definition) is 3. The summed E-state index contributed by atoms with van der Waals surface area (Å²) < 4.78 is 0. The molecule has 1 N–H and O–H groups in total. The Kier molecular flexibility index (Phi) is 5.74.